The molecule has 0 N–H and O–H groups in total. The van der Waals surface area contributed by atoms with Gasteiger partial charge in [0.2, 0.25) is 6.33 Å². The second-order valence-electron chi connectivity index (χ2n) is 1.10. The van der Waals surface area contributed by atoms with Crippen molar-refractivity contribution in [2.75, 3.05) is 0 Å². The Hall–Kier alpha value is -1.19. The normalized spacial score (nSPS) is 12.0. The smallest absolute Gasteiger partial charge is 0.331 e. The zero-order valence-electron chi connectivity index (χ0n) is 3.25. The van der Waals surface area contributed by atoms with E-state index in [1.54, 1.807) is 0 Å². The lowest BCUT2D eigenvalue weighted by Crippen LogP contribution is -2.05. The van der Waals surface area contributed by atoms with Crippen LogP contribution in [0.5, 0.6) is 12.0 Å². The van der Waals surface area contributed by atoms with Crippen LogP contribution in [0.15, 0.2) is 0 Å². The molecule has 0 atom stereocenters. The molecule has 0 saturated carbocycles. The summed E-state index contributed by atoms with van der Waals surface area (Å²) in [5.41, 5.74) is 0. The van der Waals surface area contributed by atoms with Gasteiger partial charge in [0, 0.05) is 0 Å². The van der Waals surface area contributed by atoms with E-state index in [1.165, 1.54) is 0 Å². The molecule has 4 nitrogen and oxygen atoms in total. The summed E-state index contributed by atoms with van der Waals surface area (Å²) in [5.74, 6) is 0. The van der Waals surface area contributed by atoms with Crippen LogP contribution in [0.1, 0.15) is 0 Å². The van der Waals surface area contributed by atoms with Crippen molar-refractivity contribution in [3.63, 3.8) is 0 Å². The molecule has 0 spiro atoms. The first-order valence-corrected chi connectivity index (χ1v) is 1.75. The van der Waals surface area contributed by atoms with Gasteiger partial charge in [-0.1, -0.05) is 0 Å². The van der Waals surface area contributed by atoms with E-state index in [-0.39, 0.29) is 0 Å². The summed E-state index contributed by atoms with van der Waals surface area (Å²) < 4.78 is 4.65. The molecule has 3 rings (SSSR count). The van der Waals surface area contributed by atoms with Crippen LogP contribution in [-0.2, 0) is 0 Å². The predicted octanol–water partition coefficient (Wildman–Crippen LogP) is -0.223. The molecular formula is C3N3O. The van der Waals surface area contributed by atoms with Gasteiger partial charge in [-0.25, -0.2) is 0 Å². The molecule has 0 aromatic carbocycles. The summed E-state index contributed by atoms with van der Waals surface area (Å²) in [6.07, 6.45) is 2.34. The highest BCUT2D eigenvalue weighted by Crippen LogP contribution is 2.20. The standard InChI is InChI=1S/C3N3O/c1-4-2-6-3(5-1)7-2. The number of aromatic nitrogens is 3. The van der Waals surface area contributed by atoms with Gasteiger partial charge >= 0.3 is 12.0 Å². The van der Waals surface area contributed by atoms with Crippen molar-refractivity contribution in [1.82, 2.24) is 15.0 Å². The third-order valence-corrected chi connectivity index (χ3v) is 0.665. The molecule has 33 valence electrons. The quantitative estimate of drug-likeness (QED) is 0.452. The summed E-state index contributed by atoms with van der Waals surface area (Å²) >= 11 is 0. The molecule has 0 fully saturated rings. The van der Waals surface area contributed by atoms with Crippen molar-refractivity contribution in [3.05, 3.63) is 6.33 Å². The van der Waals surface area contributed by atoms with E-state index in [0.717, 1.165) is 0 Å². The van der Waals surface area contributed by atoms with Crippen molar-refractivity contribution < 1.29 is 4.74 Å². The maximum Gasteiger partial charge on any atom is 0.331 e. The first-order chi connectivity index (χ1) is 3.45. The lowest BCUT2D eigenvalue weighted by Gasteiger charge is -2.06. The molecular weight excluding hydrogens is 94.1 g/mol. The van der Waals surface area contributed by atoms with Gasteiger partial charge in [0.15, 0.2) is 0 Å². The van der Waals surface area contributed by atoms with E-state index in [4.69, 9.17) is 0 Å². The highest BCUT2D eigenvalue weighted by atomic mass is 16.5. The summed E-state index contributed by atoms with van der Waals surface area (Å²) in [4.78, 5) is 10.6. The van der Waals surface area contributed by atoms with Gasteiger partial charge in [-0.2, -0.15) is 9.97 Å². The number of hydrogen-bond donors (Lipinski definition) is 0. The largest absolute Gasteiger partial charge is 0.388 e. The summed E-state index contributed by atoms with van der Waals surface area (Å²) in [6, 6.07) is 0.731. The molecule has 2 bridgehead atoms. The Morgan fingerprint density at radius 3 is 2.00 bits per heavy atom. The van der Waals surface area contributed by atoms with Gasteiger partial charge < -0.3 is 4.74 Å². The van der Waals surface area contributed by atoms with Crippen LogP contribution in [0.25, 0.3) is 0 Å². The van der Waals surface area contributed by atoms with Crippen molar-refractivity contribution in [2.45, 2.75) is 0 Å². The first kappa shape index (κ1) is 2.90. The molecule has 0 aliphatic carbocycles. The van der Waals surface area contributed by atoms with Crippen molar-refractivity contribution in [2.24, 2.45) is 0 Å². The van der Waals surface area contributed by atoms with Gasteiger partial charge in [-0.3, -0.25) is 0 Å². The van der Waals surface area contributed by atoms with Crippen LogP contribution in [0.2, 0.25) is 0 Å². The van der Waals surface area contributed by atoms with E-state index in [1.807, 2.05) is 0 Å². The topological polar surface area (TPSA) is 47.9 Å². The minimum Gasteiger partial charge on any atom is -0.388 e. The second-order valence-corrected chi connectivity index (χ2v) is 1.10. The summed E-state index contributed by atoms with van der Waals surface area (Å²) in [5, 5.41) is 0. The van der Waals surface area contributed by atoms with Gasteiger partial charge in [-0.05, 0) is 0 Å². The van der Waals surface area contributed by atoms with Gasteiger partial charge in [0.1, 0.15) is 0 Å². The zero-order valence-corrected chi connectivity index (χ0v) is 3.25. The third kappa shape index (κ3) is 0.231. The molecule has 7 heavy (non-hydrogen) atoms. The first-order valence-electron chi connectivity index (χ1n) is 1.75. The number of nitrogens with zero attached hydrogens (tertiary/aromatic N) is 3. The van der Waals surface area contributed by atoms with E-state index in [9.17, 15) is 0 Å². The van der Waals surface area contributed by atoms with E-state index in [0.29, 0.717) is 12.0 Å². The average molecular weight is 94.1 g/mol. The number of rotatable bonds is 0. The molecule has 0 unspecified atom stereocenters. The minimum absolute atomic E-state index is 0.366. The Kier molecular flexibility index (Phi) is 0.300. The van der Waals surface area contributed by atoms with Gasteiger partial charge in [0.25, 0.3) is 0 Å². The van der Waals surface area contributed by atoms with Crippen LogP contribution in [-0.4, -0.2) is 15.0 Å². The van der Waals surface area contributed by atoms with Crippen LogP contribution in [0, 0.1) is 6.33 Å². The summed E-state index contributed by atoms with van der Waals surface area (Å²) in [6.45, 7) is 0. The van der Waals surface area contributed by atoms with E-state index in [2.05, 4.69) is 26.0 Å². The maximum absolute atomic E-state index is 4.65. The average Bonchev–Trinajstić information content (AvgIpc) is 1.67. The molecule has 4 heteroatoms. The fourth-order valence-corrected chi connectivity index (χ4v) is 0.376. The summed E-state index contributed by atoms with van der Waals surface area (Å²) in [7, 11) is 0. The molecule has 1 aromatic heterocycles. The Labute approximate surface area is 39.2 Å². The Morgan fingerprint density at radius 2 is 1.86 bits per heavy atom. The SMILES string of the molecule is [c]1nc2nc(n1)O2. The lowest BCUT2D eigenvalue weighted by molar-refractivity contribution is 0.329. The fourth-order valence-electron chi connectivity index (χ4n) is 0.376. The van der Waals surface area contributed by atoms with Crippen molar-refractivity contribution >= 4 is 0 Å². The zero-order chi connectivity index (χ0) is 4.69. The lowest BCUT2D eigenvalue weighted by atomic mass is 10.9. The third-order valence-electron chi connectivity index (χ3n) is 0.665. The Balaban J connectivity index is 2.78. The highest BCUT2D eigenvalue weighted by molar-refractivity contribution is 5.12. The van der Waals surface area contributed by atoms with Gasteiger partial charge in [-0.15, -0.1) is 4.98 Å². The molecule has 0 saturated heterocycles. The van der Waals surface area contributed by atoms with Crippen LogP contribution in [0.4, 0.5) is 0 Å². The monoisotopic (exact) mass is 94.0 g/mol. The highest BCUT2D eigenvalue weighted by Gasteiger charge is 2.13. The predicted molar refractivity (Wildman–Crippen MR) is 18.7 cm³/mol. The van der Waals surface area contributed by atoms with Gasteiger partial charge in [0.05, 0.1) is 0 Å². The number of fused-ring (bicyclic) bond motifs is 2. The number of ether oxygens (including phenoxy) is 1. The molecule has 1 radical (unpaired) electrons. The molecule has 3 heterocycles. The van der Waals surface area contributed by atoms with Crippen LogP contribution < -0.4 is 4.74 Å². The van der Waals surface area contributed by atoms with E-state index < -0.39 is 0 Å². The van der Waals surface area contributed by atoms with Crippen molar-refractivity contribution in [1.29, 1.82) is 0 Å². The molecule has 0 amide bonds. The minimum atomic E-state index is 0.366. The molecule has 2 aliphatic heterocycles. The van der Waals surface area contributed by atoms with Crippen LogP contribution >= 0.6 is 0 Å². The fraction of sp³-hybridized carbons (Fsp3) is 0. The number of hydrogen-bond acceptors (Lipinski definition) is 4. The molecule has 1 aromatic rings. The van der Waals surface area contributed by atoms with Crippen LogP contribution in [0.3, 0.4) is 0 Å². The maximum atomic E-state index is 4.65. The van der Waals surface area contributed by atoms with E-state index >= 15 is 0 Å². The Bertz CT molecular complexity index is 174. The molecule has 2 aliphatic rings. The second kappa shape index (κ2) is 0.726. The van der Waals surface area contributed by atoms with Crippen molar-refractivity contribution in [3.8, 4) is 12.0 Å². The Morgan fingerprint density at radius 1 is 1.29 bits per heavy atom.